The minimum atomic E-state index is -4.60. The van der Waals surface area contributed by atoms with Crippen LogP contribution in [0.4, 0.5) is 13.2 Å². The summed E-state index contributed by atoms with van der Waals surface area (Å²) < 4.78 is 69.6. The van der Waals surface area contributed by atoms with Crippen LogP contribution in [-0.2, 0) is 16.7 Å². The fraction of sp³-hybridized carbons (Fsp3) is 0.167. The van der Waals surface area contributed by atoms with Gasteiger partial charge in [0.1, 0.15) is 17.3 Å². The highest BCUT2D eigenvalue weighted by Gasteiger charge is 2.26. The van der Waals surface area contributed by atoms with Crippen LogP contribution in [0.2, 0.25) is 0 Å². The second-order valence-electron chi connectivity index (χ2n) is 6.08. The van der Waals surface area contributed by atoms with Crippen LogP contribution in [0.25, 0.3) is 22.4 Å². The zero-order valence-corrected chi connectivity index (χ0v) is 15.2. The molecule has 0 saturated carbocycles. The first kappa shape index (κ1) is 19.1. The fourth-order valence-electron chi connectivity index (χ4n) is 2.77. The number of nitrogens with two attached hydrogens (primary N) is 1. The molecule has 0 radical (unpaired) electrons. The van der Waals surface area contributed by atoms with Gasteiger partial charge in [-0.05, 0) is 48.7 Å². The molecule has 9 heteroatoms. The number of hydrogen-bond acceptors (Lipinski definition) is 4. The number of halogens is 3. The van der Waals surface area contributed by atoms with E-state index in [1.807, 2.05) is 19.9 Å². The van der Waals surface area contributed by atoms with Gasteiger partial charge in [0.15, 0.2) is 17.3 Å². The van der Waals surface area contributed by atoms with Crippen LogP contribution in [0.1, 0.15) is 16.9 Å². The van der Waals surface area contributed by atoms with Crippen LogP contribution in [0.15, 0.2) is 39.8 Å². The van der Waals surface area contributed by atoms with Gasteiger partial charge >= 0.3 is 0 Å². The van der Waals surface area contributed by atoms with E-state index in [0.717, 1.165) is 23.3 Å². The monoisotopic (exact) mass is 396 g/mol. The van der Waals surface area contributed by atoms with Gasteiger partial charge in [0, 0.05) is 5.56 Å². The zero-order chi connectivity index (χ0) is 19.9. The summed E-state index contributed by atoms with van der Waals surface area (Å²) in [6, 6.07) is 6.85. The molecule has 0 aliphatic heterocycles. The Bertz CT molecular complexity index is 1120. The Balaban J connectivity index is 2.26. The molecule has 142 valence electrons. The largest absolute Gasteiger partial charge is 0.357 e. The quantitative estimate of drug-likeness (QED) is 0.722. The van der Waals surface area contributed by atoms with E-state index in [2.05, 4.69) is 5.16 Å². The summed E-state index contributed by atoms with van der Waals surface area (Å²) in [6.07, 6.45) is 0. The van der Waals surface area contributed by atoms with Gasteiger partial charge in [0.05, 0.1) is 5.56 Å². The molecule has 1 aromatic heterocycles. The third kappa shape index (κ3) is 3.47. The summed E-state index contributed by atoms with van der Waals surface area (Å²) in [6.45, 7) is 2.72. The second kappa shape index (κ2) is 6.82. The molecule has 0 fully saturated rings. The Morgan fingerprint density at radius 2 is 1.67 bits per heavy atom. The lowest BCUT2D eigenvalue weighted by Gasteiger charge is -2.09. The third-order valence-corrected chi connectivity index (χ3v) is 5.19. The number of sulfonamides is 1. The van der Waals surface area contributed by atoms with E-state index in [0.29, 0.717) is 5.56 Å². The number of aryl methyl sites for hydroxylation is 2. The van der Waals surface area contributed by atoms with E-state index in [1.54, 1.807) is 12.1 Å². The maximum Gasteiger partial charge on any atom is 0.243 e. The third-order valence-electron chi connectivity index (χ3n) is 4.24. The van der Waals surface area contributed by atoms with Crippen molar-refractivity contribution in [1.29, 1.82) is 0 Å². The smallest absolute Gasteiger partial charge is 0.243 e. The number of aromatic nitrogens is 1. The van der Waals surface area contributed by atoms with E-state index in [9.17, 15) is 21.6 Å². The molecule has 5 nitrogen and oxygen atoms in total. The standard InChI is InChI=1S/C18H15F3N2O3S/c1-9-3-4-11(5-10(9)2)17-16(15(8-19)26-23-17)12-6-13(20)18(14(21)7-12)27(22,24)25/h3-7H,8H2,1-2H3,(H2,22,24,25). The highest BCUT2D eigenvalue weighted by atomic mass is 32.2. The van der Waals surface area contributed by atoms with E-state index in [4.69, 9.17) is 9.66 Å². The van der Waals surface area contributed by atoms with Crippen molar-refractivity contribution in [3.63, 3.8) is 0 Å². The first-order chi connectivity index (χ1) is 12.6. The molecule has 0 spiro atoms. The molecule has 2 aromatic carbocycles. The normalized spacial score (nSPS) is 11.8. The van der Waals surface area contributed by atoms with Crippen LogP contribution in [-0.4, -0.2) is 13.6 Å². The van der Waals surface area contributed by atoms with Crippen LogP contribution < -0.4 is 5.14 Å². The van der Waals surface area contributed by atoms with Crippen LogP contribution in [0.3, 0.4) is 0 Å². The van der Waals surface area contributed by atoms with Crippen molar-refractivity contribution in [2.24, 2.45) is 5.14 Å². The Morgan fingerprint density at radius 1 is 1.04 bits per heavy atom. The van der Waals surface area contributed by atoms with Crippen molar-refractivity contribution in [3.8, 4) is 22.4 Å². The lowest BCUT2D eigenvalue weighted by atomic mass is 9.97. The van der Waals surface area contributed by atoms with Gasteiger partial charge in [0.2, 0.25) is 10.0 Å². The Kier molecular flexibility index (Phi) is 4.83. The molecule has 27 heavy (non-hydrogen) atoms. The van der Waals surface area contributed by atoms with E-state index < -0.39 is 33.2 Å². The molecule has 0 amide bonds. The molecular formula is C18H15F3N2O3S. The summed E-state index contributed by atoms with van der Waals surface area (Å²) in [7, 11) is -4.60. The maximum atomic E-state index is 14.2. The average molecular weight is 396 g/mol. The van der Waals surface area contributed by atoms with Crippen molar-refractivity contribution in [1.82, 2.24) is 5.16 Å². The highest BCUT2D eigenvalue weighted by molar-refractivity contribution is 7.89. The van der Waals surface area contributed by atoms with E-state index >= 15 is 0 Å². The summed E-state index contributed by atoms with van der Waals surface area (Å²) in [5.41, 5.74) is 2.63. The average Bonchev–Trinajstić information content (AvgIpc) is 2.99. The van der Waals surface area contributed by atoms with Crippen molar-refractivity contribution in [2.45, 2.75) is 25.4 Å². The number of rotatable bonds is 4. The van der Waals surface area contributed by atoms with Crippen molar-refractivity contribution >= 4 is 10.0 Å². The van der Waals surface area contributed by atoms with Crippen LogP contribution in [0, 0.1) is 25.5 Å². The first-order valence-electron chi connectivity index (χ1n) is 7.77. The molecule has 1 heterocycles. The summed E-state index contributed by atoms with van der Waals surface area (Å²) in [4.78, 5) is -1.25. The molecule has 0 bridgehead atoms. The lowest BCUT2D eigenvalue weighted by molar-refractivity contribution is 0.332. The second-order valence-corrected chi connectivity index (χ2v) is 7.57. The van der Waals surface area contributed by atoms with Gasteiger partial charge in [-0.3, -0.25) is 0 Å². The van der Waals surface area contributed by atoms with Gasteiger partial charge in [-0.1, -0.05) is 17.3 Å². The van der Waals surface area contributed by atoms with Gasteiger partial charge < -0.3 is 4.52 Å². The number of alkyl halides is 1. The van der Waals surface area contributed by atoms with Crippen molar-refractivity contribution in [3.05, 3.63) is 58.9 Å². The molecule has 2 N–H and O–H groups in total. The summed E-state index contributed by atoms with van der Waals surface area (Å²) in [5.74, 6) is -3.00. The first-order valence-corrected chi connectivity index (χ1v) is 9.32. The van der Waals surface area contributed by atoms with E-state index in [-0.39, 0.29) is 22.6 Å². The number of nitrogens with zero attached hydrogens (tertiary/aromatic N) is 1. The summed E-state index contributed by atoms with van der Waals surface area (Å²) >= 11 is 0. The predicted octanol–water partition coefficient (Wildman–Crippen LogP) is 4.02. The number of benzene rings is 2. The molecular weight excluding hydrogens is 381 g/mol. The number of hydrogen-bond donors (Lipinski definition) is 1. The van der Waals surface area contributed by atoms with Crippen molar-refractivity contribution in [2.75, 3.05) is 0 Å². The molecule has 0 unspecified atom stereocenters. The SMILES string of the molecule is Cc1ccc(-c2noc(CF)c2-c2cc(F)c(S(N)(=O)=O)c(F)c2)cc1C. The topological polar surface area (TPSA) is 86.2 Å². The molecule has 0 atom stereocenters. The van der Waals surface area contributed by atoms with Gasteiger partial charge in [-0.2, -0.15) is 0 Å². The zero-order valence-electron chi connectivity index (χ0n) is 14.4. The van der Waals surface area contributed by atoms with Gasteiger partial charge in [0.25, 0.3) is 0 Å². The summed E-state index contributed by atoms with van der Waals surface area (Å²) in [5, 5.41) is 8.67. The minimum Gasteiger partial charge on any atom is -0.357 e. The van der Waals surface area contributed by atoms with Gasteiger partial charge in [-0.15, -0.1) is 0 Å². The molecule has 0 saturated heterocycles. The fourth-order valence-corrected chi connectivity index (χ4v) is 3.44. The van der Waals surface area contributed by atoms with Gasteiger partial charge in [-0.25, -0.2) is 26.7 Å². The highest BCUT2D eigenvalue weighted by Crippen LogP contribution is 2.37. The Labute approximate surface area is 153 Å². The van der Waals surface area contributed by atoms with Crippen LogP contribution in [0.5, 0.6) is 0 Å². The predicted molar refractivity (Wildman–Crippen MR) is 93.0 cm³/mol. The van der Waals surface area contributed by atoms with E-state index in [1.165, 1.54) is 0 Å². The Morgan fingerprint density at radius 3 is 2.19 bits per heavy atom. The maximum absolute atomic E-state index is 14.2. The minimum absolute atomic E-state index is 0.0412. The lowest BCUT2D eigenvalue weighted by Crippen LogP contribution is -2.16. The molecule has 0 aliphatic carbocycles. The molecule has 0 aliphatic rings. The molecule has 3 aromatic rings. The van der Waals surface area contributed by atoms with Crippen molar-refractivity contribution < 1.29 is 26.1 Å². The van der Waals surface area contributed by atoms with Crippen LogP contribution >= 0.6 is 0 Å². The molecule has 3 rings (SSSR count). The Hall–Kier alpha value is -2.65. The number of primary sulfonamides is 1.